The molecule has 0 fully saturated rings. The van der Waals surface area contributed by atoms with Gasteiger partial charge in [0.05, 0.1) is 5.75 Å². The van der Waals surface area contributed by atoms with Crippen molar-refractivity contribution in [2.24, 2.45) is 0 Å². The summed E-state index contributed by atoms with van der Waals surface area (Å²) in [7, 11) is -3.41. The van der Waals surface area contributed by atoms with E-state index in [0.717, 1.165) is 11.1 Å². The number of sulfonamides is 1. The van der Waals surface area contributed by atoms with Crippen LogP contribution in [0, 0.1) is 0 Å². The molecule has 2 aromatic rings. The third kappa shape index (κ3) is 4.07. The molecule has 20 heavy (non-hydrogen) atoms. The minimum Gasteiger partial charge on any atom is -0.212 e. The molecule has 0 bridgehead atoms. The molecule has 2 aromatic carbocycles. The van der Waals surface area contributed by atoms with Crippen molar-refractivity contribution in [3.8, 4) is 0 Å². The Bertz CT molecular complexity index is 671. The monoisotopic (exact) mass is 309 g/mol. The largest absolute Gasteiger partial charge is 0.216 e. The third-order valence-electron chi connectivity index (χ3n) is 2.93. The summed E-state index contributed by atoms with van der Waals surface area (Å²) in [5.74, 6) is -0.0391. The fourth-order valence-corrected chi connectivity index (χ4v) is 3.67. The van der Waals surface area contributed by atoms with Crippen LogP contribution in [-0.4, -0.2) is 8.42 Å². The highest BCUT2D eigenvalue weighted by atomic mass is 35.5. The molecule has 1 atom stereocenters. The molecule has 3 nitrogen and oxygen atoms in total. The Morgan fingerprint density at radius 1 is 1.05 bits per heavy atom. The van der Waals surface area contributed by atoms with Crippen LogP contribution in [0.4, 0.5) is 0 Å². The summed E-state index contributed by atoms with van der Waals surface area (Å²) in [4.78, 5) is 0. The molecule has 106 valence electrons. The van der Waals surface area contributed by atoms with Crippen LogP contribution in [0.25, 0.3) is 0 Å². The van der Waals surface area contributed by atoms with Gasteiger partial charge in [-0.3, -0.25) is 0 Å². The number of halogens is 1. The van der Waals surface area contributed by atoms with Gasteiger partial charge in [-0.05, 0) is 24.1 Å². The fourth-order valence-electron chi connectivity index (χ4n) is 1.99. The van der Waals surface area contributed by atoms with Gasteiger partial charge in [0.2, 0.25) is 10.0 Å². The van der Waals surface area contributed by atoms with Gasteiger partial charge in [0, 0.05) is 11.1 Å². The Morgan fingerprint density at radius 2 is 1.65 bits per heavy atom. The van der Waals surface area contributed by atoms with E-state index >= 15 is 0 Å². The number of benzene rings is 2. The molecule has 5 heteroatoms. The van der Waals surface area contributed by atoms with E-state index in [1.54, 1.807) is 25.1 Å². The number of rotatable bonds is 5. The maximum Gasteiger partial charge on any atom is 0.216 e. The quantitative estimate of drug-likeness (QED) is 0.918. The molecule has 1 N–H and O–H groups in total. The maximum atomic E-state index is 12.1. The second-order valence-corrected chi connectivity index (χ2v) is 6.77. The van der Waals surface area contributed by atoms with Gasteiger partial charge in [-0.2, -0.15) is 0 Å². The van der Waals surface area contributed by atoms with Gasteiger partial charge in [-0.15, -0.1) is 0 Å². The first-order valence-corrected chi connectivity index (χ1v) is 8.29. The first-order chi connectivity index (χ1) is 9.48. The van der Waals surface area contributed by atoms with E-state index in [9.17, 15) is 8.42 Å². The Labute approximate surface area is 124 Å². The zero-order valence-electron chi connectivity index (χ0n) is 11.1. The minimum atomic E-state index is -3.41. The summed E-state index contributed by atoms with van der Waals surface area (Å²) in [6.07, 6.45) is 0. The number of hydrogen-bond donors (Lipinski definition) is 1. The third-order valence-corrected chi connectivity index (χ3v) is 4.70. The molecule has 0 spiro atoms. The zero-order valence-corrected chi connectivity index (χ0v) is 12.7. The van der Waals surface area contributed by atoms with Gasteiger partial charge in [0.15, 0.2) is 0 Å². The second kappa shape index (κ2) is 6.39. The van der Waals surface area contributed by atoms with Gasteiger partial charge in [-0.25, -0.2) is 13.1 Å². The Hall–Kier alpha value is -1.36. The van der Waals surface area contributed by atoms with E-state index in [0.29, 0.717) is 5.02 Å². The molecule has 0 saturated carbocycles. The predicted octanol–water partition coefficient (Wildman–Crippen LogP) is 3.52. The van der Waals surface area contributed by atoms with E-state index in [-0.39, 0.29) is 11.8 Å². The van der Waals surface area contributed by atoms with Crippen molar-refractivity contribution < 1.29 is 8.42 Å². The molecule has 0 saturated heterocycles. The fraction of sp³-hybridized carbons (Fsp3) is 0.200. The Morgan fingerprint density at radius 3 is 2.30 bits per heavy atom. The minimum absolute atomic E-state index is 0.0391. The summed E-state index contributed by atoms with van der Waals surface area (Å²) in [6, 6.07) is 15.9. The van der Waals surface area contributed by atoms with Crippen LogP contribution in [0.15, 0.2) is 54.6 Å². The van der Waals surface area contributed by atoms with Crippen LogP contribution in [0.5, 0.6) is 0 Å². The summed E-state index contributed by atoms with van der Waals surface area (Å²) in [5, 5.41) is 0.558. The highest BCUT2D eigenvalue weighted by Crippen LogP contribution is 2.23. The van der Waals surface area contributed by atoms with Crippen molar-refractivity contribution in [2.45, 2.75) is 18.7 Å². The van der Waals surface area contributed by atoms with Crippen LogP contribution in [-0.2, 0) is 15.8 Å². The molecule has 0 unspecified atom stereocenters. The van der Waals surface area contributed by atoms with E-state index in [1.165, 1.54) is 0 Å². The lowest BCUT2D eigenvalue weighted by molar-refractivity contribution is 0.566. The molecule has 0 aliphatic rings. The number of nitrogens with one attached hydrogen (secondary N) is 1. The summed E-state index contributed by atoms with van der Waals surface area (Å²) in [5.41, 5.74) is 1.53. The predicted molar refractivity (Wildman–Crippen MR) is 82.1 cm³/mol. The first-order valence-electron chi connectivity index (χ1n) is 6.26. The summed E-state index contributed by atoms with van der Waals surface area (Å²) < 4.78 is 26.9. The van der Waals surface area contributed by atoms with E-state index in [2.05, 4.69) is 4.72 Å². The molecule has 0 amide bonds. The van der Waals surface area contributed by atoms with Crippen molar-refractivity contribution in [3.05, 3.63) is 70.7 Å². The normalized spacial score (nSPS) is 13.1. The van der Waals surface area contributed by atoms with Crippen LogP contribution in [0.3, 0.4) is 0 Å². The topological polar surface area (TPSA) is 46.2 Å². The van der Waals surface area contributed by atoms with Crippen molar-refractivity contribution >= 4 is 21.6 Å². The van der Waals surface area contributed by atoms with Crippen molar-refractivity contribution in [1.29, 1.82) is 0 Å². The molecule has 0 aliphatic carbocycles. The lowest BCUT2D eigenvalue weighted by Crippen LogP contribution is -2.28. The van der Waals surface area contributed by atoms with Crippen LogP contribution < -0.4 is 4.72 Å². The molecular formula is C15H16ClNO2S. The maximum absolute atomic E-state index is 12.1. The summed E-state index contributed by atoms with van der Waals surface area (Å²) in [6.45, 7) is 1.78. The summed E-state index contributed by atoms with van der Waals surface area (Å²) >= 11 is 6.07. The SMILES string of the molecule is C[C@H](NS(=O)(=O)Cc1ccccc1)c1ccccc1Cl. The molecular weight excluding hydrogens is 294 g/mol. The molecule has 2 rings (SSSR count). The van der Waals surface area contributed by atoms with Gasteiger partial charge in [0.1, 0.15) is 0 Å². The standard InChI is InChI=1S/C15H16ClNO2S/c1-12(14-9-5-6-10-15(14)16)17-20(18,19)11-13-7-3-2-4-8-13/h2-10,12,17H,11H2,1H3/t12-/m0/s1. The average molecular weight is 310 g/mol. The van der Waals surface area contributed by atoms with Gasteiger partial charge in [-0.1, -0.05) is 60.1 Å². The van der Waals surface area contributed by atoms with Gasteiger partial charge in [0.25, 0.3) is 0 Å². The highest BCUT2D eigenvalue weighted by Gasteiger charge is 2.17. The first kappa shape index (κ1) is 15.0. The van der Waals surface area contributed by atoms with E-state index < -0.39 is 10.0 Å². The van der Waals surface area contributed by atoms with Gasteiger partial charge < -0.3 is 0 Å². The van der Waals surface area contributed by atoms with E-state index in [1.807, 2.05) is 36.4 Å². The van der Waals surface area contributed by atoms with E-state index in [4.69, 9.17) is 11.6 Å². The molecule has 0 aliphatic heterocycles. The van der Waals surface area contributed by atoms with Crippen molar-refractivity contribution in [3.63, 3.8) is 0 Å². The number of hydrogen-bond acceptors (Lipinski definition) is 2. The second-order valence-electron chi connectivity index (χ2n) is 4.61. The van der Waals surface area contributed by atoms with Crippen LogP contribution in [0.2, 0.25) is 5.02 Å². The molecule has 0 radical (unpaired) electrons. The smallest absolute Gasteiger partial charge is 0.212 e. The van der Waals surface area contributed by atoms with Crippen molar-refractivity contribution in [1.82, 2.24) is 4.72 Å². The lowest BCUT2D eigenvalue weighted by atomic mass is 10.1. The Balaban J connectivity index is 2.11. The lowest BCUT2D eigenvalue weighted by Gasteiger charge is -2.16. The average Bonchev–Trinajstić information content (AvgIpc) is 2.39. The van der Waals surface area contributed by atoms with Crippen LogP contribution >= 0.6 is 11.6 Å². The Kier molecular flexibility index (Phi) is 4.81. The molecule has 0 heterocycles. The zero-order chi connectivity index (χ0) is 14.6. The van der Waals surface area contributed by atoms with Crippen LogP contribution in [0.1, 0.15) is 24.1 Å². The highest BCUT2D eigenvalue weighted by molar-refractivity contribution is 7.88. The van der Waals surface area contributed by atoms with Gasteiger partial charge >= 0.3 is 0 Å². The molecule has 0 aromatic heterocycles. The van der Waals surface area contributed by atoms with Crippen molar-refractivity contribution in [2.75, 3.05) is 0 Å².